The molecule has 3 heteroatoms. The van der Waals surface area contributed by atoms with Gasteiger partial charge in [-0.3, -0.25) is 10.2 Å². The molecular weight excluding hydrogens is 198 g/mol. The SMILES string of the molecule is c1ccc2c(c1)CN[C]2N1CCC12CNC2. The lowest BCUT2D eigenvalue weighted by Crippen LogP contribution is -2.77. The molecule has 1 spiro atoms. The zero-order valence-corrected chi connectivity index (χ0v) is 9.29. The maximum absolute atomic E-state index is 3.56. The molecule has 0 saturated carbocycles. The highest BCUT2D eigenvalue weighted by Crippen LogP contribution is 2.41. The molecule has 0 atom stereocenters. The lowest BCUT2D eigenvalue weighted by Gasteiger charge is -2.60. The average molecular weight is 214 g/mol. The van der Waals surface area contributed by atoms with Gasteiger partial charge in [0.1, 0.15) is 6.17 Å². The highest BCUT2D eigenvalue weighted by molar-refractivity contribution is 5.43. The molecule has 16 heavy (non-hydrogen) atoms. The Kier molecular flexibility index (Phi) is 1.76. The molecular formula is C13H16N3. The van der Waals surface area contributed by atoms with E-state index in [9.17, 15) is 0 Å². The van der Waals surface area contributed by atoms with E-state index in [0.717, 1.165) is 19.6 Å². The minimum Gasteiger partial charge on any atom is -0.313 e. The van der Waals surface area contributed by atoms with E-state index in [1.54, 1.807) is 0 Å². The molecule has 2 saturated heterocycles. The van der Waals surface area contributed by atoms with Crippen molar-refractivity contribution in [2.75, 3.05) is 19.6 Å². The molecule has 2 N–H and O–H groups in total. The molecule has 3 heterocycles. The van der Waals surface area contributed by atoms with Crippen LogP contribution in [0.15, 0.2) is 24.3 Å². The second-order valence-electron chi connectivity index (χ2n) is 5.09. The number of likely N-dealkylation sites (tertiary alicyclic amines) is 1. The van der Waals surface area contributed by atoms with E-state index in [-0.39, 0.29) is 0 Å². The van der Waals surface area contributed by atoms with Crippen LogP contribution >= 0.6 is 0 Å². The lowest BCUT2D eigenvalue weighted by atomic mass is 9.78. The van der Waals surface area contributed by atoms with Gasteiger partial charge in [0.25, 0.3) is 0 Å². The number of nitrogens with zero attached hydrogens (tertiary/aromatic N) is 1. The number of rotatable bonds is 1. The van der Waals surface area contributed by atoms with Crippen molar-refractivity contribution in [1.82, 2.24) is 15.5 Å². The second-order valence-corrected chi connectivity index (χ2v) is 5.09. The smallest absolute Gasteiger partial charge is 0.136 e. The highest BCUT2D eigenvalue weighted by Gasteiger charge is 2.53. The molecule has 3 aliphatic heterocycles. The van der Waals surface area contributed by atoms with Gasteiger partial charge in [0.05, 0.1) is 0 Å². The molecule has 0 amide bonds. The van der Waals surface area contributed by atoms with E-state index in [0.29, 0.717) is 5.54 Å². The monoisotopic (exact) mass is 214 g/mol. The molecule has 1 aromatic carbocycles. The minimum atomic E-state index is 0.444. The first-order valence-electron chi connectivity index (χ1n) is 6.07. The zero-order chi connectivity index (χ0) is 10.6. The van der Waals surface area contributed by atoms with Crippen molar-refractivity contribution in [3.63, 3.8) is 0 Å². The fraction of sp³-hybridized carbons (Fsp3) is 0.462. The first-order chi connectivity index (χ1) is 7.89. The Labute approximate surface area is 95.8 Å². The third-order valence-electron chi connectivity index (χ3n) is 4.27. The van der Waals surface area contributed by atoms with E-state index < -0.39 is 0 Å². The van der Waals surface area contributed by atoms with Gasteiger partial charge in [0.2, 0.25) is 0 Å². The van der Waals surface area contributed by atoms with Gasteiger partial charge in [0, 0.05) is 31.7 Å². The molecule has 0 aliphatic carbocycles. The molecule has 1 aromatic rings. The molecule has 3 nitrogen and oxygen atoms in total. The van der Waals surface area contributed by atoms with Crippen molar-refractivity contribution < 1.29 is 0 Å². The van der Waals surface area contributed by atoms with Gasteiger partial charge in [-0.25, -0.2) is 0 Å². The summed E-state index contributed by atoms with van der Waals surface area (Å²) in [7, 11) is 0. The summed E-state index contributed by atoms with van der Waals surface area (Å²) in [6.45, 7) is 4.50. The number of hydrogen-bond donors (Lipinski definition) is 2. The topological polar surface area (TPSA) is 27.3 Å². The summed E-state index contributed by atoms with van der Waals surface area (Å²) in [5, 5.41) is 6.96. The van der Waals surface area contributed by atoms with E-state index >= 15 is 0 Å². The molecule has 0 aromatic heterocycles. The van der Waals surface area contributed by atoms with Crippen LogP contribution in [0.2, 0.25) is 0 Å². The average Bonchev–Trinajstić information content (AvgIpc) is 2.59. The van der Waals surface area contributed by atoms with Gasteiger partial charge in [-0.05, 0) is 17.5 Å². The predicted molar refractivity (Wildman–Crippen MR) is 62.6 cm³/mol. The van der Waals surface area contributed by atoms with Crippen LogP contribution in [0, 0.1) is 6.17 Å². The first kappa shape index (κ1) is 9.16. The van der Waals surface area contributed by atoms with Crippen LogP contribution in [-0.4, -0.2) is 30.1 Å². The van der Waals surface area contributed by atoms with Crippen LogP contribution in [0.3, 0.4) is 0 Å². The fourth-order valence-corrected chi connectivity index (χ4v) is 3.09. The Morgan fingerprint density at radius 3 is 2.75 bits per heavy atom. The summed E-state index contributed by atoms with van der Waals surface area (Å²) in [4.78, 5) is 2.56. The first-order valence-corrected chi connectivity index (χ1v) is 6.07. The third kappa shape index (κ3) is 1.03. The van der Waals surface area contributed by atoms with E-state index in [4.69, 9.17) is 0 Å². The van der Waals surface area contributed by atoms with Crippen LogP contribution < -0.4 is 10.6 Å². The second kappa shape index (κ2) is 3.06. The number of hydrogen-bond acceptors (Lipinski definition) is 3. The summed E-state index contributed by atoms with van der Waals surface area (Å²) < 4.78 is 0. The van der Waals surface area contributed by atoms with Crippen molar-refractivity contribution in [1.29, 1.82) is 0 Å². The summed E-state index contributed by atoms with van der Waals surface area (Å²) in [5.41, 5.74) is 3.29. The van der Waals surface area contributed by atoms with Crippen LogP contribution in [0.4, 0.5) is 0 Å². The normalized spacial score (nSPS) is 27.5. The van der Waals surface area contributed by atoms with Crippen molar-refractivity contribution in [3.05, 3.63) is 41.6 Å². The van der Waals surface area contributed by atoms with E-state index in [2.05, 4.69) is 39.8 Å². The van der Waals surface area contributed by atoms with E-state index in [1.165, 1.54) is 30.3 Å². The van der Waals surface area contributed by atoms with Gasteiger partial charge in [0.15, 0.2) is 0 Å². The zero-order valence-electron chi connectivity index (χ0n) is 9.29. The van der Waals surface area contributed by atoms with Crippen LogP contribution in [0.1, 0.15) is 17.5 Å². The molecule has 1 radical (unpaired) electrons. The van der Waals surface area contributed by atoms with Gasteiger partial charge < -0.3 is 5.32 Å². The maximum Gasteiger partial charge on any atom is 0.136 e. The molecule has 0 bridgehead atoms. The summed E-state index contributed by atoms with van der Waals surface area (Å²) in [5.74, 6) is 0. The Balaban J connectivity index is 1.66. The van der Waals surface area contributed by atoms with Crippen molar-refractivity contribution in [3.8, 4) is 0 Å². The summed E-state index contributed by atoms with van der Waals surface area (Å²) in [6.07, 6.45) is 2.70. The number of nitrogens with one attached hydrogen (secondary N) is 2. The Morgan fingerprint density at radius 2 is 2.06 bits per heavy atom. The molecule has 2 fully saturated rings. The summed E-state index contributed by atoms with van der Waals surface area (Å²) >= 11 is 0. The van der Waals surface area contributed by atoms with Gasteiger partial charge in [-0.1, -0.05) is 24.3 Å². The Bertz CT molecular complexity index is 419. The van der Waals surface area contributed by atoms with Crippen molar-refractivity contribution in [2.24, 2.45) is 0 Å². The van der Waals surface area contributed by atoms with Crippen molar-refractivity contribution in [2.45, 2.75) is 18.5 Å². The van der Waals surface area contributed by atoms with Crippen LogP contribution in [-0.2, 0) is 6.54 Å². The highest BCUT2D eigenvalue weighted by atomic mass is 15.4. The van der Waals surface area contributed by atoms with Crippen molar-refractivity contribution >= 4 is 0 Å². The Hall–Kier alpha value is -0.900. The van der Waals surface area contributed by atoms with Gasteiger partial charge in [-0.15, -0.1) is 0 Å². The number of fused-ring (bicyclic) bond motifs is 1. The molecule has 83 valence electrons. The molecule has 0 unspecified atom stereocenters. The minimum absolute atomic E-state index is 0.444. The van der Waals surface area contributed by atoms with Gasteiger partial charge in [-0.2, -0.15) is 0 Å². The quantitative estimate of drug-likeness (QED) is 0.719. The molecule has 3 aliphatic rings. The predicted octanol–water partition coefficient (Wildman–Crippen LogP) is 0.675. The number of benzene rings is 1. The summed E-state index contributed by atoms with van der Waals surface area (Å²) in [6, 6.07) is 8.72. The standard InChI is InChI=1S/C13H16N3/c1-2-4-11-10(3-1)7-15-12(11)16-6-5-13(16)8-14-9-13/h1-4,14-15H,5-9H2. The Morgan fingerprint density at radius 1 is 1.19 bits per heavy atom. The van der Waals surface area contributed by atoms with E-state index in [1.807, 2.05) is 0 Å². The van der Waals surface area contributed by atoms with Crippen LogP contribution in [0.25, 0.3) is 0 Å². The fourth-order valence-electron chi connectivity index (χ4n) is 3.09. The lowest BCUT2D eigenvalue weighted by molar-refractivity contribution is -0.0467. The largest absolute Gasteiger partial charge is 0.313 e. The third-order valence-corrected chi connectivity index (χ3v) is 4.27. The molecule has 4 rings (SSSR count). The van der Waals surface area contributed by atoms with Gasteiger partial charge >= 0.3 is 0 Å². The maximum atomic E-state index is 3.56. The van der Waals surface area contributed by atoms with Crippen LogP contribution in [0.5, 0.6) is 0 Å².